The van der Waals surface area contributed by atoms with Gasteiger partial charge in [0.05, 0.1) is 16.3 Å². The number of aliphatic hydroxyl groups is 1. The van der Waals surface area contributed by atoms with E-state index in [2.05, 4.69) is 11.8 Å². The first-order chi connectivity index (χ1) is 9.76. The smallest absolute Gasteiger partial charge is 0.264 e. The second kappa shape index (κ2) is 7.44. The third-order valence-electron chi connectivity index (χ3n) is 3.46. The Bertz CT molecular complexity index is 511. The predicted molar refractivity (Wildman–Crippen MR) is 80.6 cm³/mol. The number of nitrogens with two attached hydrogens (primary N) is 1. The van der Waals surface area contributed by atoms with E-state index in [1.165, 1.54) is 17.8 Å². The summed E-state index contributed by atoms with van der Waals surface area (Å²) in [4.78, 5) is 16.1. The molecule has 1 amide bonds. The van der Waals surface area contributed by atoms with E-state index in [1.54, 1.807) is 0 Å². The average molecular weight is 292 g/mol. The van der Waals surface area contributed by atoms with E-state index in [9.17, 15) is 4.79 Å². The summed E-state index contributed by atoms with van der Waals surface area (Å²) >= 11 is 1.41. The van der Waals surface area contributed by atoms with Gasteiger partial charge in [0.15, 0.2) is 0 Å². The second-order valence-electron chi connectivity index (χ2n) is 4.83. The van der Waals surface area contributed by atoms with Crippen LogP contribution >= 0.6 is 11.3 Å². The van der Waals surface area contributed by atoms with Crippen LogP contribution < -0.4 is 5.73 Å². The largest absolute Gasteiger partial charge is 0.396 e. The Labute approximate surface area is 123 Å². The molecule has 0 atom stereocenters. The van der Waals surface area contributed by atoms with Gasteiger partial charge in [-0.05, 0) is 37.8 Å². The second-order valence-corrected chi connectivity index (χ2v) is 5.91. The highest BCUT2D eigenvalue weighted by atomic mass is 32.1. The molecule has 0 aromatic carbocycles. The molecule has 0 radical (unpaired) electrons. The molecular weight excluding hydrogens is 272 g/mol. The fourth-order valence-electron chi connectivity index (χ4n) is 2.19. The molecule has 108 valence electrons. The standard InChI is InChI=1S/C15H20N2O2S/c16-9-2-6-13-7-8-14(20-13)15(19)17(10-3-11-18)12-4-1-5-12/h7-8,12,18H,1,3-5,9-11,16H2. The van der Waals surface area contributed by atoms with Crippen molar-refractivity contribution in [3.8, 4) is 11.8 Å². The molecule has 0 bridgehead atoms. The van der Waals surface area contributed by atoms with Gasteiger partial charge >= 0.3 is 0 Å². The van der Waals surface area contributed by atoms with Gasteiger partial charge in [-0.2, -0.15) is 0 Å². The zero-order valence-electron chi connectivity index (χ0n) is 11.5. The van der Waals surface area contributed by atoms with E-state index < -0.39 is 0 Å². The lowest BCUT2D eigenvalue weighted by molar-refractivity contribution is 0.0567. The van der Waals surface area contributed by atoms with Crippen LogP contribution in [-0.4, -0.2) is 41.7 Å². The number of aliphatic hydroxyl groups excluding tert-OH is 1. The lowest BCUT2D eigenvalue weighted by Gasteiger charge is -2.37. The number of amides is 1. The van der Waals surface area contributed by atoms with Crippen molar-refractivity contribution in [2.45, 2.75) is 31.7 Å². The van der Waals surface area contributed by atoms with Gasteiger partial charge in [-0.25, -0.2) is 0 Å². The average Bonchev–Trinajstić information content (AvgIpc) is 2.86. The van der Waals surface area contributed by atoms with Crippen LogP contribution in [0.1, 0.15) is 40.2 Å². The van der Waals surface area contributed by atoms with Gasteiger partial charge in [0.2, 0.25) is 0 Å². The summed E-state index contributed by atoms with van der Waals surface area (Å²) in [5, 5.41) is 8.98. The van der Waals surface area contributed by atoms with E-state index in [0.29, 0.717) is 25.6 Å². The van der Waals surface area contributed by atoms with Crippen LogP contribution in [0, 0.1) is 11.8 Å². The topological polar surface area (TPSA) is 66.6 Å². The van der Waals surface area contributed by atoms with Crippen LogP contribution in [0.4, 0.5) is 0 Å². The molecule has 1 aliphatic rings. The molecule has 1 aliphatic carbocycles. The molecule has 1 fully saturated rings. The molecular formula is C15H20N2O2S. The molecule has 0 spiro atoms. The number of carbonyl (C=O) groups is 1. The SMILES string of the molecule is NCC#Cc1ccc(C(=O)N(CCCO)C2CCC2)s1. The van der Waals surface area contributed by atoms with Crippen molar-refractivity contribution in [2.75, 3.05) is 19.7 Å². The minimum Gasteiger partial charge on any atom is -0.396 e. The first-order valence-corrected chi connectivity index (χ1v) is 7.78. The Hall–Kier alpha value is -1.35. The Kier molecular flexibility index (Phi) is 5.60. The van der Waals surface area contributed by atoms with Gasteiger partial charge < -0.3 is 15.7 Å². The Morgan fingerprint density at radius 1 is 1.50 bits per heavy atom. The van der Waals surface area contributed by atoms with Gasteiger partial charge in [-0.15, -0.1) is 11.3 Å². The number of carbonyl (C=O) groups excluding carboxylic acids is 1. The molecule has 1 saturated carbocycles. The van der Waals surface area contributed by atoms with Gasteiger partial charge in [0.1, 0.15) is 0 Å². The summed E-state index contributed by atoms with van der Waals surface area (Å²) in [6.07, 6.45) is 3.96. The van der Waals surface area contributed by atoms with Gasteiger partial charge in [0.25, 0.3) is 5.91 Å². The molecule has 0 aliphatic heterocycles. The Morgan fingerprint density at radius 2 is 2.30 bits per heavy atom. The molecule has 1 heterocycles. The summed E-state index contributed by atoms with van der Waals surface area (Å²) < 4.78 is 0. The summed E-state index contributed by atoms with van der Waals surface area (Å²) in [5.74, 6) is 5.81. The highest BCUT2D eigenvalue weighted by Gasteiger charge is 2.29. The van der Waals surface area contributed by atoms with E-state index in [-0.39, 0.29) is 12.5 Å². The number of hydrogen-bond donors (Lipinski definition) is 2. The highest BCUT2D eigenvalue weighted by molar-refractivity contribution is 7.14. The Morgan fingerprint density at radius 3 is 2.90 bits per heavy atom. The van der Waals surface area contributed by atoms with Crippen LogP contribution in [0.5, 0.6) is 0 Å². The van der Waals surface area contributed by atoms with Gasteiger partial charge in [0, 0.05) is 19.2 Å². The fourth-order valence-corrected chi connectivity index (χ4v) is 3.03. The van der Waals surface area contributed by atoms with Crippen molar-refractivity contribution >= 4 is 17.2 Å². The minimum absolute atomic E-state index is 0.0638. The van der Waals surface area contributed by atoms with Crippen LogP contribution in [0.15, 0.2) is 12.1 Å². The molecule has 20 heavy (non-hydrogen) atoms. The quantitative estimate of drug-likeness (QED) is 0.807. The Balaban J connectivity index is 2.07. The molecule has 1 aromatic heterocycles. The van der Waals surface area contributed by atoms with Crippen molar-refractivity contribution in [2.24, 2.45) is 5.73 Å². The molecule has 2 rings (SSSR count). The van der Waals surface area contributed by atoms with Gasteiger partial charge in [-0.3, -0.25) is 4.79 Å². The van der Waals surface area contributed by atoms with E-state index in [0.717, 1.165) is 22.6 Å². The summed E-state index contributed by atoms with van der Waals surface area (Å²) in [5.41, 5.74) is 5.34. The van der Waals surface area contributed by atoms with E-state index >= 15 is 0 Å². The maximum atomic E-state index is 12.6. The minimum atomic E-state index is 0.0638. The van der Waals surface area contributed by atoms with Crippen LogP contribution in [0.2, 0.25) is 0 Å². The summed E-state index contributed by atoms with van der Waals surface area (Å²) in [6, 6.07) is 4.04. The molecule has 3 N–H and O–H groups in total. The van der Waals surface area contributed by atoms with Crippen molar-refractivity contribution < 1.29 is 9.90 Å². The van der Waals surface area contributed by atoms with Crippen LogP contribution in [-0.2, 0) is 0 Å². The van der Waals surface area contributed by atoms with Gasteiger partial charge in [-0.1, -0.05) is 11.8 Å². The number of hydrogen-bond acceptors (Lipinski definition) is 4. The van der Waals surface area contributed by atoms with Crippen molar-refractivity contribution in [3.05, 3.63) is 21.9 Å². The highest BCUT2D eigenvalue weighted by Crippen LogP contribution is 2.28. The molecule has 0 saturated heterocycles. The third kappa shape index (κ3) is 3.60. The normalized spacial score (nSPS) is 14.3. The number of rotatable bonds is 5. The van der Waals surface area contributed by atoms with Crippen LogP contribution in [0.3, 0.4) is 0 Å². The molecule has 5 heteroatoms. The maximum Gasteiger partial charge on any atom is 0.264 e. The molecule has 0 unspecified atom stereocenters. The lowest BCUT2D eigenvalue weighted by Crippen LogP contribution is -2.44. The van der Waals surface area contributed by atoms with E-state index in [1.807, 2.05) is 17.0 Å². The molecule has 1 aromatic rings. The number of thiophene rings is 1. The van der Waals surface area contributed by atoms with Crippen molar-refractivity contribution in [1.29, 1.82) is 0 Å². The fraction of sp³-hybridized carbons (Fsp3) is 0.533. The summed E-state index contributed by atoms with van der Waals surface area (Å²) in [7, 11) is 0. The van der Waals surface area contributed by atoms with E-state index in [4.69, 9.17) is 10.8 Å². The lowest BCUT2D eigenvalue weighted by atomic mass is 9.91. The summed E-state index contributed by atoms with van der Waals surface area (Å²) in [6.45, 7) is 1.07. The number of nitrogens with zero attached hydrogens (tertiary/aromatic N) is 1. The third-order valence-corrected chi connectivity index (χ3v) is 4.45. The first kappa shape index (κ1) is 15.0. The first-order valence-electron chi connectivity index (χ1n) is 6.97. The maximum absolute atomic E-state index is 12.6. The zero-order valence-corrected chi connectivity index (χ0v) is 12.3. The van der Waals surface area contributed by atoms with Crippen molar-refractivity contribution in [3.63, 3.8) is 0 Å². The monoisotopic (exact) mass is 292 g/mol. The van der Waals surface area contributed by atoms with Crippen molar-refractivity contribution in [1.82, 2.24) is 4.90 Å². The predicted octanol–water partition coefficient (Wildman–Crippen LogP) is 1.44. The van der Waals surface area contributed by atoms with Crippen LogP contribution in [0.25, 0.3) is 0 Å². The molecule has 4 nitrogen and oxygen atoms in total. The zero-order chi connectivity index (χ0) is 14.4.